The summed E-state index contributed by atoms with van der Waals surface area (Å²) in [4.78, 5) is 0. The van der Waals surface area contributed by atoms with Crippen molar-refractivity contribution in [2.75, 3.05) is 0 Å². The van der Waals surface area contributed by atoms with Crippen LogP contribution in [-0.4, -0.2) is 38.7 Å². The highest BCUT2D eigenvalue weighted by atomic mass is 32.7. The molecule has 20 heavy (non-hydrogen) atoms. The summed E-state index contributed by atoms with van der Waals surface area (Å²) in [6.07, 6.45) is 0. The fourth-order valence-electron chi connectivity index (χ4n) is 4.27. The zero-order valence-electron chi connectivity index (χ0n) is 15.9. The Balaban J connectivity index is 3.35. The third-order valence-corrected chi connectivity index (χ3v) is 33.5. The van der Waals surface area contributed by atoms with Gasteiger partial charge in [-0.3, -0.25) is 0 Å². The molecule has 0 saturated carbocycles. The molecule has 0 radical (unpaired) electrons. The molecule has 0 amide bonds. The molecular formula is C15H37PSSi3. The van der Waals surface area contributed by atoms with Gasteiger partial charge in [0.2, 0.25) is 0 Å². The Bertz CT molecular complexity index is 355. The topological polar surface area (TPSA) is 0 Å². The fourth-order valence-corrected chi connectivity index (χ4v) is 50.5. The Morgan fingerprint density at radius 2 is 1.15 bits per heavy atom. The van der Waals surface area contributed by atoms with Crippen molar-refractivity contribution >= 4 is 42.7 Å². The van der Waals surface area contributed by atoms with E-state index in [9.17, 15) is 0 Å². The zero-order valence-corrected chi connectivity index (χ0v) is 20.6. The number of rotatable bonds is 4. The number of hydrogen-bond donors (Lipinski definition) is 0. The lowest BCUT2D eigenvalue weighted by Crippen LogP contribution is -2.61. The normalized spacial score (nSPS) is 27.6. The third kappa shape index (κ3) is 3.34. The van der Waals surface area contributed by atoms with Gasteiger partial charge >= 0.3 is 0 Å². The van der Waals surface area contributed by atoms with Crippen molar-refractivity contribution in [2.45, 2.75) is 94.1 Å². The van der Waals surface area contributed by atoms with E-state index in [1.807, 2.05) is 0 Å². The summed E-state index contributed by atoms with van der Waals surface area (Å²) in [6.45, 7) is 31.2. The van der Waals surface area contributed by atoms with E-state index in [4.69, 9.17) is 0 Å². The second kappa shape index (κ2) is 5.22. The van der Waals surface area contributed by atoms with Crippen LogP contribution >= 0.6 is 18.5 Å². The molecule has 1 unspecified atom stereocenters. The first-order valence-corrected chi connectivity index (χ1v) is 21.4. The van der Waals surface area contributed by atoms with Gasteiger partial charge in [0.15, 0.2) is 0 Å². The Labute approximate surface area is 136 Å². The van der Waals surface area contributed by atoms with Crippen LogP contribution in [0.15, 0.2) is 0 Å². The standard InChI is InChI=1S/C15H37PSSi3/c1-14(2,3)17-16-13(18(4,5)6)15(16,19(7,8)9)20(10,11)12/h13H,1-12H3/t13?,16-/m1/s1. The molecule has 1 saturated heterocycles. The fraction of sp³-hybridized carbons (Fsp3) is 1.00. The molecule has 1 aliphatic rings. The third-order valence-electron chi connectivity index (χ3n) is 4.39. The largest absolute Gasteiger partial charge is 0.128 e. The molecule has 1 rings (SSSR count). The molecule has 1 fully saturated rings. The SMILES string of the molecule is CC(C)(C)S[P@]1C([Si](C)(C)C)C1([Si](C)(C)C)[Si](C)(C)C. The molecule has 0 aromatic heterocycles. The molecule has 0 bridgehead atoms. The van der Waals surface area contributed by atoms with E-state index in [1.165, 1.54) is 0 Å². The van der Waals surface area contributed by atoms with Crippen molar-refractivity contribution in [1.82, 2.24) is 0 Å². The van der Waals surface area contributed by atoms with Crippen LogP contribution in [0.1, 0.15) is 20.8 Å². The van der Waals surface area contributed by atoms with Gasteiger partial charge in [-0.15, -0.1) is 11.4 Å². The molecule has 5 heteroatoms. The lowest BCUT2D eigenvalue weighted by Gasteiger charge is -2.42. The van der Waals surface area contributed by atoms with E-state index in [-0.39, 0.29) is 7.12 Å². The van der Waals surface area contributed by atoms with Crippen LogP contribution in [0.25, 0.3) is 0 Å². The summed E-state index contributed by atoms with van der Waals surface area (Å²) in [5, 5.41) is 1.12. The van der Waals surface area contributed by atoms with E-state index >= 15 is 0 Å². The van der Waals surface area contributed by atoms with Crippen molar-refractivity contribution in [2.24, 2.45) is 0 Å². The summed E-state index contributed by atoms with van der Waals surface area (Å²) in [6, 6.07) is 0. The Kier molecular flexibility index (Phi) is 5.09. The second-order valence-electron chi connectivity index (χ2n) is 10.6. The molecule has 1 heterocycles. The van der Waals surface area contributed by atoms with Gasteiger partial charge in [0.25, 0.3) is 0 Å². The molecule has 0 aliphatic carbocycles. The van der Waals surface area contributed by atoms with Crippen LogP contribution < -0.4 is 0 Å². The lowest BCUT2D eigenvalue weighted by molar-refractivity contribution is 0.810. The van der Waals surface area contributed by atoms with Crippen LogP contribution in [-0.2, 0) is 0 Å². The predicted molar refractivity (Wildman–Crippen MR) is 111 cm³/mol. The van der Waals surface area contributed by atoms with Crippen molar-refractivity contribution in [3.63, 3.8) is 0 Å². The maximum atomic E-state index is 2.67. The van der Waals surface area contributed by atoms with Crippen molar-refractivity contribution in [3.05, 3.63) is 0 Å². The van der Waals surface area contributed by atoms with E-state index in [0.29, 0.717) is 4.75 Å². The van der Waals surface area contributed by atoms with Gasteiger partial charge < -0.3 is 0 Å². The Morgan fingerprint density at radius 3 is 1.30 bits per heavy atom. The monoisotopic (exact) mass is 364 g/mol. The van der Waals surface area contributed by atoms with Gasteiger partial charge in [-0.25, -0.2) is 0 Å². The summed E-state index contributed by atoms with van der Waals surface area (Å²) in [5.41, 5.74) is 0. The van der Waals surface area contributed by atoms with Gasteiger partial charge in [-0.05, 0) is 16.8 Å². The molecule has 0 N–H and O–H groups in total. The van der Waals surface area contributed by atoms with E-state index in [2.05, 4.69) is 91.1 Å². The first-order chi connectivity index (χ1) is 8.46. The molecule has 0 aromatic rings. The van der Waals surface area contributed by atoms with Crippen LogP contribution in [0.5, 0.6) is 0 Å². The van der Waals surface area contributed by atoms with Crippen molar-refractivity contribution < 1.29 is 0 Å². The predicted octanol–water partition coefficient (Wildman–Crippen LogP) is 6.67. The molecule has 0 aromatic carbocycles. The maximum Gasteiger partial charge on any atom is 0.0540 e. The smallest absolute Gasteiger partial charge is 0.0540 e. The second-order valence-corrected chi connectivity index (χ2v) is 33.3. The molecular weight excluding hydrogens is 327 g/mol. The Hall–Kier alpha value is 1.43. The van der Waals surface area contributed by atoms with Crippen LogP contribution in [0.2, 0.25) is 58.9 Å². The minimum Gasteiger partial charge on any atom is -0.128 e. The highest BCUT2D eigenvalue weighted by molar-refractivity contribution is 8.61. The van der Waals surface area contributed by atoms with Crippen LogP contribution in [0, 0.1) is 0 Å². The average molecular weight is 365 g/mol. The van der Waals surface area contributed by atoms with Crippen LogP contribution in [0.3, 0.4) is 0 Å². The first kappa shape index (κ1) is 19.5. The van der Waals surface area contributed by atoms with Gasteiger partial charge in [-0.2, -0.15) is 0 Å². The molecule has 120 valence electrons. The molecule has 2 atom stereocenters. The summed E-state index contributed by atoms with van der Waals surface area (Å²) < 4.78 is 1.25. The summed E-state index contributed by atoms with van der Waals surface area (Å²) in [5.74, 6) is 0. The van der Waals surface area contributed by atoms with Gasteiger partial charge in [0.1, 0.15) is 0 Å². The maximum absolute atomic E-state index is 2.67. The summed E-state index contributed by atoms with van der Waals surface area (Å²) >= 11 is 2.39. The van der Waals surface area contributed by atoms with Crippen molar-refractivity contribution in [1.29, 1.82) is 0 Å². The Morgan fingerprint density at radius 1 is 0.800 bits per heavy atom. The highest BCUT2D eigenvalue weighted by Gasteiger charge is 2.78. The van der Waals surface area contributed by atoms with Crippen molar-refractivity contribution in [3.8, 4) is 0 Å². The zero-order chi connectivity index (χ0) is 16.4. The average Bonchev–Trinajstić information content (AvgIpc) is 2.66. The highest BCUT2D eigenvalue weighted by Crippen LogP contribution is 2.90. The number of hydrogen-bond acceptors (Lipinski definition) is 1. The minimum atomic E-state index is -1.14. The molecule has 0 spiro atoms. The quantitative estimate of drug-likeness (QED) is 0.396. The van der Waals surface area contributed by atoms with Gasteiger partial charge in [-0.1, -0.05) is 79.7 Å². The van der Waals surface area contributed by atoms with E-state index in [1.54, 1.807) is 0 Å². The van der Waals surface area contributed by atoms with E-state index in [0.717, 1.165) is 9.68 Å². The minimum absolute atomic E-state index is 0.188. The van der Waals surface area contributed by atoms with Crippen LogP contribution in [0.4, 0.5) is 0 Å². The molecule has 1 aliphatic heterocycles. The van der Waals surface area contributed by atoms with E-state index < -0.39 is 24.2 Å². The van der Waals surface area contributed by atoms with Gasteiger partial charge in [0, 0.05) is 4.75 Å². The molecule has 0 nitrogen and oxygen atoms in total. The summed E-state index contributed by atoms with van der Waals surface area (Å²) in [7, 11) is -3.16. The first-order valence-electron chi connectivity index (χ1n) is 7.95. The van der Waals surface area contributed by atoms with Gasteiger partial charge in [0.05, 0.1) is 24.2 Å². The lowest BCUT2D eigenvalue weighted by atomic mass is 10.3.